The van der Waals surface area contributed by atoms with E-state index in [1.807, 2.05) is 0 Å². The van der Waals surface area contributed by atoms with Crippen LogP contribution in [0, 0.1) is 34.5 Å². The first-order valence-corrected chi connectivity index (χ1v) is 10.4. The normalized spacial score (nSPS) is 56.8. The Hall–Kier alpha value is -0.340. The SMILES string of the molecule is C=C1C[C@H]2[C@@H]3C4OCCOC4C[C@@]3(C)CC[C@@H]2[C@@]2(C)CCCC[C@H]12. The van der Waals surface area contributed by atoms with Gasteiger partial charge in [-0.2, -0.15) is 0 Å². The summed E-state index contributed by atoms with van der Waals surface area (Å²) in [4.78, 5) is 0. The highest BCUT2D eigenvalue weighted by Gasteiger charge is 2.63. The van der Waals surface area contributed by atoms with E-state index in [1.165, 1.54) is 51.4 Å². The van der Waals surface area contributed by atoms with Crippen molar-refractivity contribution in [1.29, 1.82) is 0 Å². The molecule has 0 aromatic carbocycles. The summed E-state index contributed by atoms with van der Waals surface area (Å²) in [5.41, 5.74) is 2.51. The molecule has 4 aliphatic carbocycles. The number of ether oxygens (including phenoxy) is 2. The molecular weight excluding hydrogens is 296 g/mol. The molecule has 0 N–H and O–H groups in total. The fraction of sp³-hybridized carbons (Fsp3) is 0.909. The van der Waals surface area contributed by atoms with E-state index in [9.17, 15) is 0 Å². The van der Waals surface area contributed by atoms with E-state index in [0.29, 0.717) is 29.0 Å². The fourth-order valence-corrected chi connectivity index (χ4v) is 8.07. The molecule has 1 aliphatic heterocycles. The van der Waals surface area contributed by atoms with Crippen molar-refractivity contribution in [2.45, 2.75) is 77.4 Å². The Bertz CT molecular complexity index is 542. The largest absolute Gasteiger partial charge is 0.373 e. The van der Waals surface area contributed by atoms with Gasteiger partial charge in [0.25, 0.3) is 0 Å². The summed E-state index contributed by atoms with van der Waals surface area (Å²) in [6.07, 6.45) is 11.7. The molecule has 0 amide bonds. The molecule has 5 aliphatic rings. The van der Waals surface area contributed by atoms with Gasteiger partial charge in [0.15, 0.2) is 0 Å². The summed E-state index contributed by atoms with van der Waals surface area (Å²) in [6.45, 7) is 11.4. The van der Waals surface area contributed by atoms with Gasteiger partial charge in [-0.05, 0) is 73.0 Å². The molecule has 0 aromatic rings. The lowest BCUT2D eigenvalue weighted by atomic mass is 9.44. The van der Waals surface area contributed by atoms with Crippen LogP contribution in [0.3, 0.4) is 0 Å². The lowest BCUT2D eigenvalue weighted by molar-refractivity contribution is -0.164. The maximum absolute atomic E-state index is 6.34. The van der Waals surface area contributed by atoms with Crippen LogP contribution in [0.15, 0.2) is 12.2 Å². The van der Waals surface area contributed by atoms with E-state index in [0.717, 1.165) is 31.0 Å². The molecule has 24 heavy (non-hydrogen) atoms. The van der Waals surface area contributed by atoms with E-state index < -0.39 is 0 Å². The van der Waals surface area contributed by atoms with Crippen molar-refractivity contribution in [2.75, 3.05) is 13.2 Å². The van der Waals surface area contributed by atoms with Crippen LogP contribution in [-0.2, 0) is 9.47 Å². The van der Waals surface area contributed by atoms with Crippen molar-refractivity contribution >= 4 is 0 Å². The molecule has 0 spiro atoms. The maximum Gasteiger partial charge on any atom is 0.0874 e. The van der Waals surface area contributed by atoms with Crippen LogP contribution in [0.2, 0.25) is 0 Å². The summed E-state index contributed by atoms with van der Waals surface area (Å²) in [7, 11) is 0. The van der Waals surface area contributed by atoms with Crippen molar-refractivity contribution < 1.29 is 9.47 Å². The molecule has 2 heteroatoms. The quantitative estimate of drug-likeness (QED) is 0.583. The van der Waals surface area contributed by atoms with E-state index in [1.54, 1.807) is 5.57 Å². The van der Waals surface area contributed by atoms with Crippen LogP contribution in [0.1, 0.15) is 65.2 Å². The van der Waals surface area contributed by atoms with E-state index >= 15 is 0 Å². The van der Waals surface area contributed by atoms with Gasteiger partial charge in [0.05, 0.1) is 25.4 Å². The molecule has 0 bridgehead atoms. The Balaban J connectivity index is 1.52. The monoisotopic (exact) mass is 330 g/mol. The van der Waals surface area contributed by atoms with Gasteiger partial charge in [0.1, 0.15) is 0 Å². The zero-order chi connectivity index (χ0) is 16.5. The van der Waals surface area contributed by atoms with E-state index in [4.69, 9.17) is 9.47 Å². The Morgan fingerprint density at radius 2 is 1.88 bits per heavy atom. The maximum atomic E-state index is 6.34. The fourth-order valence-electron chi connectivity index (χ4n) is 8.07. The van der Waals surface area contributed by atoms with Gasteiger partial charge in [0, 0.05) is 0 Å². The van der Waals surface area contributed by atoms with Crippen molar-refractivity contribution in [3.8, 4) is 0 Å². The lowest BCUT2D eigenvalue weighted by Crippen LogP contribution is -2.55. The summed E-state index contributed by atoms with van der Waals surface area (Å²) in [5.74, 6) is 3.15. The van der Waals surface area contributed by atoms with Gasteiger partial charge < -0.3 is 9.47 Å². The Morgan fingerprint density at radius 3 is 2.75 bits per heavy atom. The average Bonchev–Trinajstić information content (AvgIpc) is 2.87. The topological polar surface area (TPSA) is 18.5 Å². The molecule has 0 aromatic heterocycles. The first-order valence-electron chi connectivity index (χ1n) is 10.4. The van der Waals surface area contributed by atoms with Gasteiger partial charge in [-0.25, -0.2) is 0 Å². The second kappa shape index (κ2) is 5.33. The minimum Gasteiger partial charge on any atom is -0.373 e. The predicted molar refractivity (Wildman–Crippen MR) is 95.7 cm³/mol. The highest BCUT2D eigenvalue weighted by atomic mass is 16.6. The third-order valence-electron chi connectivity index (χ3n) is 9.01. The minimum atomic E-state index is 0.355. The Morgan fingerprint density at radius 1 is 1.04 bits per heavy atom. The molecule has 1 heterocycles. The number of hydrogen-bond acceptors (Lipinski definition) is 2. The molecule has 2 nitrogen and oxygen atoms in total. The van der Waals surface area contributed by atoms with Crippen molar-refractivity contribution in [2.24, 2.45) is 34.5 Å². The molecule has 4 saturated carbocycles. The first kappa shape index (κ1) is 15.9. The number of rotatable bonds is 0. The lowest BCUT2D eigenvalue weighted by Gasteiger charge is -2.61. The average molecular weight is 331 g/mol. The Kier molecular flexibility index (Phi) is 3.53. The Labute approximate surface area is 147 Å². The zero-order valence-electron chi connectivity index (χ0n) is 15.6. The first-order chi connectivity index (χ1) is 11.5. The second-order valence-corrected chi connectivity index (χ2v) is 10.1. The third-order valence-corrected chi connectivity index (χ3v) is 9.01. The van der Waals surface area contributed by atoms with Crippen LogP contribution in [0.4, 0.5) is 0 Å². The summed E-state index contributed by atoms with van der Waals surface area (Å²) in [6, 6.07) is 0. The van der Waals surface area contributed by atoms with Crippen molar-refractivity contribution in [3.05, 3.63) is 12.2 Å². The van der Waals surface area contributed by atoms with E-state index in [2.05, 4.69) is 20.4 Å². The summed E-state index contributed by atoms with van der Waals surface area (Å²) in [5, 5.41) is 0. The van der Waals surface area contributed by atoms with Crippen LogP contribution >= 0.6 is 0 Å². The third kappa shape index (κ3) is 2.02. The second-order valence-electron chi connectivity index (χ2n) is 10.1. The number of allylic oxidation sites excluding steroid dienone is 1. The van der Waals surface area contributed by atoms with Gasteiger partial charge in [-0.3, -0.25) is 0 Å². The molecule has 0 radical (unpaired) electrons. The van der Waals surface area contributed by atoms with Gasteiger partial charge in [0.2, 0.25) is 0 Å². The van der Waals surface area contributed by atoms with Crippen LogP contribution in [0.5, 0.6) is 0 Å². The molecule has 8 atom stereocenters. The molecule has 5 rings (SSSR count). The smallest absolute Gasteiger partial charge is 0.0874 e. The molecule has 1 saturated heterocycles. The summed E-state index contributed by atoms with van der Waals surface area (Å²) < 4.78 is 12.5. The molecule has 5 fully saturated rings. The minimum absolute atomic E-state index is 0.355. The number of hydrogen-bond donors (Lipinski definition) is 0. The predicted octanol–water partition coefficient (Wildman–Crippen LogP) is 4.98. The van der Waals surface area contributed by atoms with Crippen molar-refractivity contribution in [1.82, 2.24) is 0 Å². The standard InChI is InChI=1S/C22H34O2/c1-14-12-15-17(22(3)8-5-4-6-16(14)22)7-9-21(2)13-18-20(19(15)21)24-11-10-23-18/h15-20H,1,4-13H2,2-3H3/t15-,16-,17+,18?,19-,20?,21-,22+/m1/s1. The zero-order valence-corrected chi connectivity index (χ0v) is 15.6. The van der Waals surface area contributed by atoms with Crippen molar-refractivity contribution in [3.63, 3.8) is 0 Å². The molecule has 134 valence electrons. The van der Waals surface area contributed by atoms with Crippen LogP contribution in [0.25, 0.3) is 0 Å². The number of fused-ring (bicyclic) bond motifs is 7. The van der Waals surface area contributed by atoms with Gasteiger partial charge >= 0.3 is 0 Å². The van der Waals surface area contributed by atoms with Gasteiger partial charge in [-0.15, -0.1) is 0 Å². The highest BCUT2D eigenvalue weighted by Crippen LogP contribution is 2.67. The van der Waals surface area contributed by atoms with Crippen LogP contribution < -0.4 is 0 Å². The van der Waals surface area contributed by atoms with Crippen LogP contribution in [-0.4, -0.2) is 25.4 Å². The highest BCUT2D eigenvalue weighted by molar-refractivity contribution is 5.21. The van der Waals surface area contributed by atoms with Gasteiger partial charge in [-0.1, -0.05) is 38.8 Å². The van der Waals surface area contributed by atoms with E-state index in [-0.39, 0.29) is 0 Å². The molecule has 2 unspecified atom stereocenters. The molecular formula is C22H34O2. The summed E-state index contributed by atoms with van der Waals surface area (Å²) >= 11 is 0.